The van der Waals surface area contributed by atoms with E-state index in [1.54, 1.807) is 0 Å². The minimum atomic E-state index is 0.501. The van der Waals surface area contributed by atoms with Crippen LogP contribution in [0.2, 0.25) is 0 Å². The summed E-state index contributed by atoms with van der Waals surface area (Å²) in [5.74, 6) is 0. The molecule has 0 amide bonds. The van der Waals surface area contributed by atoms with E-state index in [-0.39, 0.29) is 0 Å². The molecule has 0 saturated heterocycles. The number of nitrogens with one attached hydrogen (secondary N) is 1. The maximum atomic E-state index is 4.52. The minimum absolute atomic E-state index is 0.501. The van der Waals surface area contributed by atoms with E-state index >= 15 is 0 Å². The summed E-state index contributed by atoms with van der Waals surface area (Å²) in [6.07, 6.45) is 8.18. The van der Waals surface area contributed by atoms with E-state index in [2.05, 4.69) is 23.3 Å². The minimum Gasteiger partial charge on any atom is -0.309 e. The van der Waals surface area contributed by atoms with E-state index in [1.165, 1.54) is 43.4 Å². The summed E-state index contributed by atoms with van der Waals surface area (Å²) in [4.78, 5) is 4.52. The number of rotatable bonds is 4. The predicted molar refractivity (Wildman–Crippen MR) is 62.8 cm³/mol. The van der Waals surface area contributed by atoms with Gasteiger partial charge in [0.05, 0.1) is 5.69 Å². The van der Waals surface area contributed by atoms with Crippen LogP contribution in [0.4, 0.5) is 0 Å². The molecule has 0 aromatic carbocycles. The molecule has 1 heterocycles. The highest BCUT2D eigenvalue weighted by Gasteiger charge is 2.19. The number of pyridine rings is 1. The Labute approximate surface area is 92.1 Å². The van der Waals surface area contributed by atoms with Crippen LogP contribution in [0.5, 0.6) is 0 Å². The highest BCUT2D eigenvalue weighted by Crippen LogP contribution is 2.27. The van der Waals surface area contributed by atoms with Crippen molar-refractivity contribution < 1.29 is 0 Å². The van der Waals surface area contributed by atoms with Crippen molar-refractivity contribution in [3.05, 3.63) is 29.6 Å². The molecule has 1 aliphatic carbocycles. The van der Waals surface area contributed by atoms with Crippen LogP contribution in [0, 0.1) is 0 Å². The number of fused-ring (bicyclic) bond motifs is 1. The fourth-order valence-corrected chi connectivity index (χ4v) is 2.26. The van der Waals surface area contributed by atoms with Gasteiger partial charge < -0.3 is 5.32 Å². The third-order valence-corrected chi connectivity index (χ3v) is 3.12. The summed E-state index contributed by atoms with van der Waals surface area (Å²) in [5.41, 5.74) is 2.73. The number of hydrogen-bond donors (Lipinski definition) is 1. The first kappa shape index (κ1) is 10.6. The Morgan fingerprint density at radius 1 is 1.53 bits per heavy atom. The SMILES string of the molecule is CCCCNC1CCCc2cccnc21. The molecular weight excluding hydrogens is 184 g/mol. The molecule has 0 bridgehead atoms. The van der Waals surface area contributed by atoms with Gasteiger partial charge in [-0.25, -0.2) is 0 Å². The van der Waals surface area contributed by atoms with Gasteiger partial charge in [-0.15, -0.1) is 0 Å². The van der Waals surface area contributed by atoms with Crippen molar-refractivity contribution in [2.24, 2.45) is 0 Å². The molecule has 1 aromatic rings. The molecule has 1 aliphatic rings. The number of aromatic nitrogens is 1. The van der Waals surface area contributed by atoms with Crippen molar-refractivity contribution in [1.29, 1.82) is 0 Å². The first-order chi connectivity index (χ1) is 7.42. The molecule has 0 radical (unpaired) electrons. The molecule has 0 aliphatic heterocycles. The molecule has 2 nitrogen and oxygen atoms in total. The largest absolute Gasteiger partial charge is 0.309 e. The van der Waals surface area contributed by atoms with Crippen molar-refractivity contribution in [3.8, 4) is 0 Å². The van der Waals surface area contributed by atoms with E-state index in [4.69, 9.17) is 0 Å². The lowest BCUT2D eigenvalue weighted by atomic mass is 9.92. The lowest BCUT2D eigenvalue weighted by molar-refractivity contribution is 0.444. The second kappa shape index (κ2) is 5.26. The van der Waals surface area contributed by atoms with Crippen LogP contribution >= 0.6 is 0 Å². The Morgan fingerprint density at radius 2 is 2.47 bits per heavy atom. The third-order valence-electron chi connectivity index (χ3n) is 3.12. The van der Waals surface area contributed by atoms with Gasteiger partial charge in [0.2, 0.25) is 0 Å². The van der Waals surface area contributed by atoms with Crippen LogP contribution in [0.1, 0.15) is 49.9 Å². The number of aryl methyl sites for hydroxylation is 1. The molecule has 2 heteroatoms. The second-order valence-corrected chi connectivity index (χ2v) is 4.30. The highest BCUT2D eigenvalue weighted by atomic mass is 14.9. The number of nitrogens with zero attached hydrogens (tertiary/aromatic N) is 1. The van der Waals surface area contributed by atoms with Crippen molar-refractivity contribution in [2.45, 2.75) is 45.1 Å². The zero-order valence-corrected chi connectivity index (χ0v) is 9.50. The Bertz CT molecular complexity index is 309. The Hall–Kier alpha value is -0.890. The highest BCUT2D eigenvalue weighted by molar-refractivity contribution is 5.25. The number of hydrogen-bond acceptors (Lipinski definition) is 2. The van der Waals surface area contributed by atoms with E-state index < -0.39 is 0 Å². The summed E-state index contributed by atoms with van der Waals surface area (Å²) in [6.45, 7) is 3.35. The van der Waals surface area contributed by atoms with Gasteiger partial charge in [0.1, 0.15) is 0 Å². The van der Waals surface area contributed by atoms with Crippen LogP contribution in [0.15, 0.2) is 18.3 Å². The number of unbranched alkanes of at least 4 members (excludes halogenated alkanes) is 1. The summed E-state index contributed by atoms with van der Waals surface area (Å²) >= 11 is 0. The molecule has 0 spiro atoms. The molecule has 15 heavy (non-hydrogen) atoms. The predicted octanol–water partition coefficient (Wildman–Crippen LogP) is 2.85. The summed E-state index contributed by atoms with van der Waals surface area (Å²) < 4.78 is 0. The van der Waals surface area contributed by atoms with Gasteiger partial charge in [-0.2, -0.15) is 0 Å². The standard InChI is InChI=1S/C13H20N2/c1-2-3-9-14-12-8-4-6-11-7-5-10-15-13(11)12/h5,7,10,12,14H,2-4,6,8-9H2,1H3. The first-order valence-electron chi connectivity index (χ1n) is 6.09. The second-order valence-electron chi connectivity index (χ2n) is 4.30. The third kappa shape index (κ3) is 2.57. The van der Waals surface area contributed by atoms with Gasteiger partial charge in [0.25, 0.3) is 0 Å². The molecule has 1 aromatic heterocycles. The van der Waals surface area contributed by atoms with E-state index in [1.807, 2.05) is 12.3 Å². The zero-order chi connectivity index (χ0) is 10.5. The monoisotopic (exact) mass is 204 g/mol. The van der Waals surface area contributed by atoms with Gasteiger partial charge in [0, 0.05) is 12.2 Å². The van der Waals surface area contributed by atoms with E-state index in [9.17, 15) is 0 Å². The van der Waals surface area contributed by atoms with Crippen molar-refractivity contribution in [3.63, 3.8) is 0 Å². The normalized spacial score (nSPS) is 19.9. The maximum Gasteiger partial charge on any atom is 0.0605 e. The topological polar surface area (TPSA) is 24.9 Å². The summed E-state index contributed by atoms with van der Waals surface area (Å²) in [7, 11) is 0. The van der Waals surface area contributed by atoms with Crippen molar-refractivity contribution in [1.82, 2.24) is 10.3 Å². The van der Waals surface area contributed by atoms with Crippen molar-refractivity contribution in [2.75, 3.05) is 6.54 Å². The molecule has 82 valence electrons. The molecule has 2 rings (SSSR count). The Balaban J connectivity index is 2.02. The van der Waals surface area contributed by atoms with Gasteiger partial charge in [-0.05, 0) is 43.9 Å². The summed E-state index contributed by atoms with van der Waals surface area (Å²) in [6, 6.07) is 4.77. The van der Waals surface area contributed by atoms with E-state index in [0.29, 0.717) is 6.04 Å². The molecule has 1 N–H and O–H groups in total. The Kier molecular flexibility index (Phi) is 3.73. The van der Waals surface area contributed by atoms with Crippen LogP contribution in [0.3, 0.4) is 0 Å². The quantitative estimate of drug-likeness (QED) is 0.763. The fourth-order valence-electron chi connectivity index (χ4n) is 2.26. The van der Waals surface area contributed by atoms with Gasteiger partial charge in [-0.1, -0.05) is 19.4 Å². The van der Waals surface area contributed by atoms with Gasteiger partial charge in [0.15, 0.2) is 0 Å². The smallest absolute Gasteiger partial charge is 0.0605 e. The van der Waals surface area contributed by atoms with Crippen LogP contribution in [-0.4, -0.2) is 11.5 Å². The first-order valence-corrected chi connectivity index (χ1v) is 6.09. The van der Waals surface area contributed by atoms with E-state index in [0.717, 1.165) is 6.54 Å². The van der Waals surface area contributed by atoms with Crippen molar-refractivity contribution >= 4 is 0 Å². The average Bonchev–Trinajstić information content (AvgIpc) is 2.30. The lowest BCUT2D eigenvalue weighted by Gasteiger charge is -2.25. The van der Waals surface area contributed by atoms with Gasteiger partial charge >= 0.3 is 0 Å². The molecule has 0 fully saturated rings. The van der Waals surface area contributed by atoms with Crippen LogP contribution in [0.25, 0.3) is 0 Å². The lowest BCUT2D eigenvalue weighted by Crippen LogP contribution is -2.27. The Morgan fingerprint density at radius 3 is 3.33 bits per heavy atom. The molecular formula is C13H20N2. The van der Waals surface area contributed by atoms with Crippen LogP contribution < -0.4 is 5.32 Å². The van der Waals surface area contributed by atoms with Crippen LogP contribution in [-0.2, 0) is 6.42 Å². The zero-order valence-electron chi connectivity index (χ0n) is 9.50. The molecule has 1 unspecified atom stereocenters. The summed E-state index contributed by atoms with van der Waals surface area (Å²) in [5, 5.41) is 3.62. The molecule has 0 saturated carbocycles. The average molecular weight is 204 g/mol. The fraction of sp³-hybridized carbons (Fsp3) is 0.615. The van der Waals surface area contributed by atoms with Gasteiger partial charge in [-0.3, -0.25) is 4.98 Å². The maximum absolute atomic E-state index is 4.52. The molecule has 1 atom stereocenters.